The van der Waals surface area contributed by atoms with E-state index in [0.29, 0.717) is 27.3 Å². The van der Waals surface area contributed by atoms with Gasteiger partial charge >= 0.3 is 0 Å². The maximum absolute atomic E-state index is 12.7. The van der Waals surface area contributed by atoms with Crippen molar-refractivity contribution in [2.24, 2.45) is 11.8 Å². The zero-order valence-corrected chi connectivity index (χ0v) is 18.6. The van der Waals surface area contributed by atoms with Crippen LogP contribution in [0, 0.1) is 18.8 Å². The van der Waals surface area contributed by atoms with Gasteiger partial charge in [0.2, 0.25) is 5.91 Å². The zero-order chi connectivity index (χ0) is 21.4. The second kappa shape index (κ2) is 8.34. The molecule has 2 amide bonds. The van der Waals surface area contributed by atoms with E-state index in [-0.39, 0.29) is 17.7 Å². The Balaban J connectivity index is 1.46. The average molecular weight is 443 g/mol. The lowest BCUT2D eigenvalue weighted by Gasteiger charge is -2.10. The number of nitrogens with zero attached hydrogens (tertiary/aromatic N) is 2. The lowest BCUT2D eigenvalue weighted by molar-refractivity contribution is -0.117. The molecule has 30 heavy (non-hydrogen) atoms. The summed E-state index contributed by atoms with van der Waals surface area (Å²) in [5.74, 6) is 0.252. The summed E-state index contributed by atoms with van der Waals surface area (Å²) < 4.78 is 0.842. The molecule has 1 saturated carbocycles. The molecule has 8 heteroatoms. The fraction of sp³-hybridized carbons (Fsp3) is 0.318. The van der Waals surface area contributed by atoms with Gasteiger partial charge in [0, 0.05) is 18.0 Å². The first-order valence-electron chi connectivity index (χ1n) is 9.74. The van der Waals surface area contributed by atoms with Crippen LogP contribution >= 0.6 is 22.9 Å². The topological polar surface area (TPSA) is 74.3 Å². The Morgan fingerprint density at radius 1 is 1.23 bits per heavy atom. The second-order valence-corrected chi connectivity index (χ2v) is 9.38. The number of anilines is 2. The normalized spacial score (nSPS) is 17.9. The largest absolute Gasteiger partial charge is 0.320 e. The Morgan fingerprint density at radius 3 is 2.77 bits per heavy atom. The van der Waals surface area contributed by atoms with Gasteiger partial charge in [0.05, 0.1) is 20.9 Å². The standard InChI is InChI=1S/C22H23ClN4O2S/c1-12-5-4-6-16(23)19(12)25-20(28)13-7-8-17-18(10-13)30-22(24-17)26-21(29)15-9-14(15)11-27(2)3/h4-8,10,14-15H,9,11H2,1-3H3,(H,25,28)(H,24,26,29). The molecule has 1 heterocycles. The molecule has 1 aromatic heterocycles. The molecular formula is C22H23ClN4O2S. The molecule has 2 aromatic carbocycles. The van der Waals surface area contributed by atoms with Gasteiger partial charge in [0.15, 0.2) is 5.13 Å². The van der Waals surface area contributed by atoms with Crippen molar-refractivity contribution in [2.45, 2.75) is 13.3 Å². The Labute approximate surface area is 184 Å². The van der Waals surface area contributed by atoms with Gasteiger partial charge in [0.25, 0.3) is 5.91 Å². The minimum absolute atomic E-state index is 0.0214. The molecule has 0 radical (unpaired) electrons. The number of para-hydroxylation sites is 1. The molecule has 0 spiro atoms. The highest BCUT2D eigenvalue weighted by Crippen LogP contribution is 2.40. The number of aromatic nitrogens is 1. The fourth-order valence-corrected chi connectivity index (χ4v) is 4.71. The van der Waals surface area contributed by atoms with Crippen LogP contribution < -0.4 is 10.6 Å². The maximum Gasteiger partial charge on any atom is 0.255 e. The number of aryl methyl sites for hydroxylation is 1. The molecule has 156 valence electrons. The number of amides is 2. The summed E-state index contributed by atoms with van der Waals surface area (Å²) in [5, 5.41) is 6.87. The highest BCUT2D eigenvalue weighted by molar-refractivity contribution is 7.22. The molecule has 6 nitrogen and oxygen atoms in total. The van der Waals surface area contributed by atoms with E-state index in [2.05, 4.69) is 20.5 Å². The molecule has 2 N–H and O–H groups in total. The fourth-order valence-electron chi connectivity index (χ4n) is 3.53. The van der Waals surface area contributed by atoms with E-state index in [4.69, 9.17) is 11.6 Å². The van der Waals surface area contributed by atoms with Crippen LogP contribution in [0.2, 0.25) is 5.02 Å². The van der Waals surface area contributed by atoms with Crippen molar-refractivity contribution >= 4 is 55.8 Å². The molecule has 0 aliphatic heterocycles. The van der Waals surface area contributed by atoms with Crippen LogP contribution in [0.1, 0.15) is 22.3 Å². The molecule has 0 bridgehead atoms. The molecule has 1 aliphatic carbocycles. The number of carbonyl (C=O) groups is 2. The summed E-state index contributed by atoms with van der Waals surface area (Å²) in [6, 6.07) is 10.8. The lowest BCUT2D eigenvalue weighted by atomic mass is 10.1. The van der Waals surface area contributed by atoms with Gasteiger partial charge in [0.1, 0.15) is 0 Å². The molecule has 4 rings (SSSR count). The third kappa shape index (κ3) is 4.48. The Bertz CT molecular complexity index is 1110. The van der Waals surface area contributed by atoms with Crippen molar-refractivity contribution < 1.29 is 9.59 Å². The highest BCUT2D eigenvalue weighted by atomic mass is 35.5. The number of fused-ring (bicyclic) bond motifs is 1. The number of carbonyl (C=O) groups excluding carboxylic acids is 2. The van der Waals surface area contributed by atoms with E-state index in [9.17, 15) is 9.59 Å². The van der Waals surface area contributed by atoms with Gasteiger partial charge < -0.3 is 15.5 Å². The molecule has 0 saturated heterocycles. The minimum Gasteiger partial charge on any atom is -0.320 e. The van der Waals surface area contributed by atoms with Crippen molar-refractivity contribution in [1.29, 1.82) is 0 Å². The van der Waals surface area contributed by atoms with Gasteiger partial charge in [-0.15, -0.1) is 0 Å². The first-order valence-corrected chi connectivity index (χ1v) is 10.9. The maximum atomic E-state index is 12.7. The third-order valence-corrected chi connectivity index (χ3v) is 6.45. The molecule has 2 atom stereocenters. The molecule has 1 fully saturated rings. The predicted octanol–water partition coefficient (Wildman–Crippen LogP) is 4.65. The van der Waals surface area contributed by atoms with Gasteiger partial charge in [-0.2, -0.15) is 0 Å². The van der Waals surface area contributed by atoms with Crippen LogP contribution in [0.15, 0.2) is 36.4 Å². The number of hydrogen-bond acceptors (Lipinski definition) is 5. The minimum atomic E-state index is -0.239. The van der Waals surface area contributed by atoms with Crippen LogP contribution in [-0.2, 0) is 4.79 Å². The Morgan fingerprint density at radius 2 is 2.03 bits per heavy atom. The number of nitrogens with one attached hydrogen (secondary N) is 2. The van der Waals surface area contributed by atoms with Crippen molar-refractivity contribution in [3.8, 4) is 0 Å². The van der Waals surface area contributed by atoms with E-state index in [1.165, 1.54) is 11.3 Å². The molecule has 2 unspecified atom stereocenters. The molecule has 3 aromatic rings. The number of rotatable bonds is 6. The van der Waals surface area contributed by atoms with E-state index < -0.39 is 0 Å². The SMILES string of the molecule is Cc1cccc(Cl)c1NC(=O)c1ccc2nc(NC(=O)C3CC3CN(C)C)sc2c1. The Hall–Kier alpha value is -2.48. The molecule has 1 aliphatic rings. The van der Waals surface area contributed by atoms with E-state index >= 15 is 0 Å². The summed E-state index contributed by atoms with van der Waals surface area (Å²) in [6.07, 6.45) is 0.917. The van der Waals surface area contributed by atoms with Crippen molar-refractivity contribution in [3.63, 3.8) is 0 Å². The Kier molecular flexibility index (Phi) is 5.77. The number of benzene rings is 2. The summed E-state index contributed by atoms with van der Waals surface area (Å²) in [5.41, 5.74) is 2.77. The van der Waals surface area contributed by atoms with Gasteiger partial charge in [-0.25, -0.2) is 4.98 Å². The van der Waals surface area contributed by atoms with Crippen molar-refractivity contribution in [3.05, 3.63) is 52.5 Å². The van der Waals surface area contributed by atoms with Crippen LogP contribution in [0.25, 0.3) is 10.2 Å². The van der Waals surface area contributed by atoms with Gasteiger partial charge in [-0.3, -0.25) is 9.59 Å². The molecular weight excluding hydrogens is 420 g/mol. The van der Waals surface area contributed by atoms with E-state index in [0.717, 1.165) is 28.7 Å². The summed E-state index contributed by atoms with van der Waals surface area (Å²) >= 11 is 7.58. The van der Waals surface area contributed by atoms with E-state index in [1.54, 1.807) is 24.3 Å². The van der Waals surface area contributed by atoms with Crippen molar-refractivity contribution in [2.75, 3.05) is 31.3 Å². The van der Waals surface area contributed by atoms with Gasteiger partial charge in [-0.05, 0) is 63.2 Å². The van der Waals surface area contributed by atoms with Crippen LogP contribution in [-0.4, -0.2) is 42.3 Å². The number of thiazole rings is 1. The summed E-state index contributed by atoms with van der Waals surface area (Å²) in [7, 11) is 4.03. The number of halogens is 1. The van der Waals surface area contributed by atoms with Crippen LogP contribution in [0.5, 0.6) is 0 Å². The summed E-state index contributed by atoms with van der Waals surface area (Å²) in [4.78, 5) is 31.7. The highest BCUT2D eigenvalue weighted by Gasteiger charge is 2.43. The second-order valence-electron chi connectivity index (χ2n) is 7.94. The predicted molar refractivity (Wildman–Crippen MR) is 123 cm³/mol. The average Bonchev–Trinajstić information content (AvgIpc) is 3.32. The summed E-state index contributed by atoms with van der Waals surface area (Å²) in [6.45, 7) is 2.81. The quantitative estimate of drug-likeness (QED) is 0.582. The zero-order valence-electron chi connectivity index (χ0n) is 17.0. The number of hydrogen-bond donors (Lipinski definition) is 2. The third-order valence-electron chi connectivity index (χ3n) is 5.20. The van der Waals surface area contributed by atoms with Crippen LogP contribution in [0.4, 0.5) is 10.8 Å². The first kappa shape index (κ1) is 20.8. The lowest BCUT2D eigenvalue weighted by Crippen LogP contribution is -2.20. The van der Waals surface area contributed by atoms with Gasteiger partial charge in [-0.1, -0.05) is 35.1 Å². The first-order chi connectivity index (χ1) is 14.3. The van der Waals surface area contributed by atoms with E-state index in [1.807, 2.05) is 33.2 Å². The smallest absolute Gasteiger partial charge is 0.255 e. The van der Waals surface area contributed by atoms with Crippen molar-refractivity contribution in [1.82, 2.24) is 9.88 Å². The monoisotopic (exact) mass is 442 g/mol. The van der Waals surface area contributed by atoms with Crippen LogP contribution in [0.3, 0.4) is 0 Å².